The molecule has 3 N–H and O–H groups in total. The number of carboxylic acids is 1. The van der Waals surface area contributed by atoms with Crippen molar-refractivity contribution in [2.45, 2.75) is 32.3 Å². The average molecular weight is 395 g/mol. The molecule has 0 amide bonds. The molecule has 1 atom stereocenters. The maximum Gasteiger partial charge on any atom is 0.344 e. The first kappa shape index (κ1) is 16.5. The molecule has 0 bridgehead atoms. The molecule has 0 saturated carbocycles. The van der Waals surface area contributed by atoms with Gasteiger partial charge in [0.15, 0.2) is 6.10 Å². The molecule has 0 saturated heterocycles. The van der Waals surface area contributed by atoms with Gasteiger partial charge >= 0.3 is 5.97 Å². The lowest BCUT2D eigenvalue weighted by molar-refractivity contribution is -0.145. The lowest BCUT2D eigenvalue weighted by atomic mass is 10.1. The van der Waals surface area contributed by atoms with Gasteiger partial charge in [-0.3, -0.25) is 0 Å². The number of benzene rings is 1. The fourth-order valence-corrected chi connectivity index (χ4v) is 3.14. The fourth-order valence-electron chi connectivity index (χ4n) is 1.67. The summed E-state index contributed by atoms with van der Waals surface area (Å²) >= 11 is 6.82. The maximum absolute atomic E-state index is 11.1. The Bertz CT molecular complexity index is 429. The predicted molar refractivity (Wildman–Crippen MR) is 81.6 cm³/mol. The monoisotopic (exact) mass is 393 g/mol. The molecule has 0 radical (unpaired) electrons. The Morgan fingerprint density at radius 1 is 1.42 bits per heavy atom. The molecule has 0 aliphatic carbocycles. The van der Waals surface area contributed by atoms with Crippen molar-refractivity contribution >= 4 is 37.8 Å². The molecule has 1 aromatic rings. The van der Waals surface area contributed by atoms with Crippen LogP contribution in [0.3, 0.4) is 0 Å². The van der Waals surface area contributed by atoms with Crippen LogP contribution in [0.25, 0.3) is 0 Å². The Hall–Kier alpha value is -0.590. The van der Waals surface area contributed by atoms with Gasteiger partial charge in [0.05, 0.1) is 8.95 Å². The van der Waals surface area contributed by atoms with Gasteiger partial charge in [0.2, 0.25) is 0 Å². The Balaban J connectivity index is 2.97. The van der Waals surface area contributed by atoms with Crippen molar-refractivity contribution < 1.29 is 14.6 Å². The van der Waals surface area contributed by atoms with Gasteiger partial charge in [0.25, 0.3) is 0 Å². The van der Waals surface area contributed by atoms with Crippen molar-refractivity contribution in [1.29, 1.82) is 0 Å². The molecular formula is C13H17Br2NO3. The number of aliphatic carboxylic acids is 1. The highest BCUT2D eigenvalue weighted by atomic mass is 79.9. The van der Waals surface area contributed by atoms with E-state index in [-0.39, 0.29) is 0 Å². The largest absolute Gasteiger partial charge is 0.479 e. The second kappa shape index (κ2) is 7.87. The molecule has 0 fully saturated rings. The lowest BCUT2D eigenvalue weighted by Crippen LogP contribution is -2.27. The maximum atomic E-state index is 11.1. The predicted octanol–water partition coefficient (Wildman–Crippen LogP) is 3.34. The molecular weight excluding hydrogens is 378 g/mol. The van der Waals surface area contributed by atoms with Gasteiger partial charge in [-0.25, -0.2) is 4.79 Å². The van der Waals surface area contributed by atoms with Crippen LogP contribution in [-0.4, -0.2) is 23.7 Å². The first-order valence-electron chi connectivity index (χ1n) is 6.07. The molecule has 106 valence electrons. The van der Waals surface area contributed by atoms with Crippen LogP contribution in [-0.2, 0) is 11.2 Å². The van der Waals surface area contributed by atoms with E-state index in [9.17, 15) is 4.79 Å². The van der Waals surface area contributed by atoms with Crippen molar-refractivity contribution in [3.05, 3.63) is 26.6 Å². The molecule has 1 aromatic carbocycles. The summed E-state index contributed by atoms with van der Waals surface area (Å²) in [6.07, 6.45) is 1.14. The fraction of sp³-hybridized carbons (Fsp3) is 0.462. The third kappa shape index (κ3) is 4.78. The Morgan fingerprint density at radius 2 is 2.00 bits per heavy atom. The molecule has 4 nitrogen and oxygen atoms in total. The number of carboxylic acid groups (broad SMARTS) is 1. The van der Waals surface area contributed by atoms with Gasteiger partial charge in [-0.15, -0.1) is 0 Å². The van der Waals surface area contributed by atoms with Gasteiger partial charge in [-0.05, 0) is 68.9 Å². The molecule has 0 aliphatic heterocycles. The standard InChI is InChI=1S/C13H17Br2NO3/c1-2-3-11(13(17)18)19-12-9(14)6-8(4-5-16)7-10(12)15/h6-7,11H,2-5,16H2,1H3,(H,17,18). The van der Waals surface area contributed by atoms with Crippen molar-refractivity contribution in [3.8, 4) is 5.75 Å². The minimum atomic E-state index is -0.952. The number of carbonyl (C=O) groups is 1. The van der Waals surface area contributed by atoms with Crippen LogP contribution in [0.15, 0.2) is 21.1 Å². The van der Waals surface area contributed by atoms with E-state index >= 15 is 0 Å². The summed E-state index contributed by atoms with van der Waals surface area (Å²) in [6, 6.07) is 3.80. The van der Waals surface area contributed by atoms with Crippen LogP contribution >= 0.6 is 31.9 Å². The summed E-state index contributed by atoms with van der Waals surface area (Å²) in [5.74, 6) is -0.437. The number of halogens is 2. The van der Waals surface area contributed by atoms with Crippen molar-refractivity contribution in [2.24, 2.45) is 5.73 Å². The third-order valence-corrected chi connectivity index (χ3v) is 3.76. The zero-order valence-electron chi connectivity index (χ0n) is 10.7. The van der Waals surface area contributed by atoms with Gasteiger partial charge in [-0.1, -0.05) is 13.3 Å². The number of hydrogen-bond acceptors (Lipinski definition) is 3. The summed E-state index contributed by atoms with van der Waals surface area (Å²) < 4.78 is 7.05. The van der Waals surface area contributed by atoms with Crippen LogP contribution in [0.2, 0.25) is 0 Å². The van der Waals surface area contributed by atoms with E-state index in [2.05, 4.69) is 31.9 Å². The van der Waals surface area contributed by atoms with Crippen LogP contribution < -0.4 is 10.5 Å². The molecule has 1 rings (SSSR count). The summed E-state index contributed by atoms with van der Waals surface area (Å²) in [5.41, 5.74) is 6.58. The van der Waals surface area contributed by atoms with Crippen molar-refractivity contribution in [2.75, 3.05) is 6.54 Å². The zero-order valence-corrected chi connectivity index (χ0v) is 13.8. The highest BCUT2D eigenvalue weighted by molar-refractivity contribution is 9.11. The van der Waals surface area contributed by atoms with E-state index in [1.54, 1.807) is 0 Å². The second-order valence-corrected chi connectivity index (χ2v) is 5.87. The molecule has 0 aromatic heterocycles. The number of hydrogen-bond donors (Lipinski definition) is 2. The Labute approximate surface area is 129 Å². The van der Waals surface area contributed by atoms with Crippen molar-refractivity contribution in [3.63, 3.8) is 0 Å². The smallest absolute Gasteiger partial charge is 0.344 e. The van der Waals surface area contributed by atoms with E-state index in [0.29, 0.717) is 18.7 Å². The molecule has 0 spiro atoms. The third-order valence-electron chi connectivity index (χ3n) is 2.58. The summed E-state index contributed by atoms with van der Waals surface area (Å²) in [6.45, 7) is 2.49. The summed E-state index contributed by atoms with van der Waals surface area (Å²) in [5, 5.41) is 9.11. The van der Waals surface area contributed by atoms with Crippen LogP contribution in [0.5, 0.6) is 5.75 Å². The summed E-state index contributed by atoms with van der Waals surface area (Å²) in [7, 11) is 0. The number of nitrogens with two attached hydrogens (primary N) is 1. The minimum Gasteiger partial charge on any atom is -0.479 e. The van der Waals surface area contributed by atoms with E-state index in [1.165, 1.54) is 0 Å². The quantitative estimate of drug-likeness (QED) is 0.743. The highest BCUT2D eigenvalue weighted by Crippen LogP contribution is 2.36. The molecule has 19 heavy (non-hydrogen) atoms. The Kier molecular flexibility index (Phi) is 6.82. The van der Waals surface area contributed by atoms with E-state index in [1.807, 2.05) is 19.1 Å². The van der Waals surface area contributed by atoms with Crippen molar-refractivity contribution in [1.82, 2.24) is 0 Å². The van der Waals surface area contributed by atoms with Gasteiger partial charge in [-0.2, -0.15) is 0 Å². The van der Waals surface area contributed by atoms with Crippen LogP contribution in [0, 0.1) is 0 Å². The SMILES string of the molecule is CCCC(Oc1c(Br)cc(CCN)cc1Br)C(=O)O. The van der Waals surface area contributed by atoms with Gasteiger partial charge in [0, 0.05) is 0 Å². The molecule has 1 unspecified atom stereocenters. The minimum absolute atomic E-state index is 0.471. The molecule has 0 aliphatic rings. The number of ether oxygens (including phenoxy) is 1. The first-order chi connectivity index (χ1) is 8.99. The topological polar surface area (TPSA) is 72.5 Å². The van der Waals surface area contributed by atoms with Gasteiger partial charge < -0.3 is 15.6 Å². The zero-order chi connectivity index (χ0) is 14.4. The lowest BCUT2D eigenvalue weighted by Gasteiger charge is -2.17. The van der Waals surface area contributed by atoms with E-state index in [4.69, 9.17) is 15.6 Å². The van der Waals surface area contributed by atoms with Gasteiger partial charge in [0.1, 0.15) is 5.75 Å². The summed E-state index contributed by atoms with van der Waals surface area (Å²) in [4.78, 5) is 11.1. The first-order valence-corrected chi connectivity index (χ1v) is 7.65. The normalized spacial score (nSPS) is 12.2. The second-order valence-electron chi connectivity index (χ2n) is 4.16. The van der Waals surface area contributed by atoms with E-state index < -0.39 is 12.1 Å². The molecule has 0 heterocycles. The van der Waals surface area contributed by atoms with Crippen LogP contribution in [0.4, 0.5) is 0 Å². The number of rotatable bonds is 7. The Morgan fingerprint density at radius 3 is 2.42 bits per heavy atom. The van der Waals surface area contributed by atoms with E-state index in [0.717, 1.165) is 27.4 Å². The average Bonchev–Trinajstić information content (AvgIpc) is 2.32. The molecule has 6 heteroatoms. The highest BCUT2D eigenvalue weighted by Gasteiger charge is 2.21. The van der Waals surface area contributed by atoms with Crippen LogP contribution in [0.1, 0.15) is 25.3 Å².